The molecule has 5 aromatic rings. The van der Waals surface area contributed by atoms with E-state index in [9.17, 15) is 4.79 Å². The molecule has 0 radical (unpaired) electrons. The van der Waals surface area contributed by atoms with Gasteiger partial charge in [-0.1, -0.05) is 29.8 Å². The van der Waals surface area contributed by atoms with Crippen LogP contribution in [0.15, 0.2) is 94.9 Å². The van der Waals surface area contributed by atoms with Gasteiger partial charge in [-0.2, -0.15) is 0 Å². The summed E-state index contributed by atoms with van der Waals surface area (Å²) >= 11 is 7.59. The van der Waals surface area contributed by atoms with Crippen LogP contribution in [-0.4, -0.2) is 26.9 Å². The van der Waals surface area contributed by atoms with Crippen molar-refractivity contribution in [2.75, 3.05) is 5.32 Å². The predicted molar refractivity (Wildman–Crippen MR) is 152 cm³/mol. The third-order valence-electron chi connectivity index (χ3n) is 6.02. The maximum absolute atomic E-state index is 13.0. The monoisotopic (exact) mass is 512 g/mol. The summed E-state index contributed by atoms with van der Waals surface area (Å²) in [5.41, 5.74) is 4.75. The van der Waals surface area contributed by atoms with Crippen LogP contribution in [0.1, 0.15) is 19.4 Å². The molecule has 2 aromatic heterocycles. The number of para-hydroxylation sites is 1. The zero-order chi connectivity index (χ0) is 25.1. The van der Waals surface area contributed by atoms with Crippen LogP contribution in [0.3, 0.4) is 0 Å². The average molecular weight is 513 g/mol. The number of fused-ring (bicyclic) bond motifs is 3. The number of aliphatic imine (C=N–C) groups is 1. The minimum atomic E-state index is -0.263. The molecule has 2 heterocycles. The summed E-state index contributed by atoms with van der Waals surface area (Å²) in [6.07, 6.45) is 3.34. The van der Waals surface area contributed by atoms with Crippen molar-refractivity contribution in [3.05, 3.63) is 95.8 Å². The molecule has 1 unspecified atom stereocenters. The van der Waals surface area contributed by atoms with Gasteiger partial charge in [0.05, 0.1) is 10.9 Å². The smallest absolute Gasteiger partial charge is 0.237 e. The van der Waals surface area contributed by atoms with E-state index in [-0.39, 0.29) is 11.2 Å². The number of rotatable bonds is 7. The molecular weight excluding hydrogens is 488 g/mol. The van der Waals surface area contributed by atoms with Gasteiger partial charge in [-0.25, -0.2) is 4.98 Å². The predicted octanol–water partition coefficient (Wildman–Crippen LogP) is 7.73. The van der Waals surface area contributed by atoms with Crippen molar-refractivity contribution in [2.45, 2.75) is 30.5 Å². The highest BCUT2D eigenvalue weighted by atomic mass is 35.5. The molecule has 36 heavy (non-hydrogen) atoms. The lowest BCUT2D eigenvalue weighted by Gasteiger charge is -2.12. The van der Waals surface area contributed by atoms with Gasteiger partial charge in [0, 0.05) is 56.9 Å². The molecule has 0 spiro atoms. The number of benzene rings is 3. The molecule has 5 rings (SSSR count). The average Bonchev–Trinajstić information content (AvgIpc) is 3.22. The van der Waals surface area contributed by atoms with E-state index in [1.165, 1.54) is 28.2 Å². The van der Waals surface area contributed by atoms with Crippen LogP contribution in [0.2, 0.25) is 5.15 Å². The highest BCUT2D eigenvalue weighted by Gasteiger charge is 2.16. The summed E-state index contributed by atoms with van der Waals surface area (Å²) < 4.78 is 2.30. The zero-order valence-electron chi connectivity index (χ0n) is 20.0. The lowest BCUT2D eigenvalue weighted by atomic mass is 10.1. The minimum absolute atomic E-state index is 0.0353. The normalized spacial score (nSPS) is 12.4. The first kappa shape index (κ1) is 24.1. The van der Waals surface area contributed by atoms with Gasteiger partial charge in [-0.3, -0.25) is 9.79 Å². The van der Waals surface area contributed by atoms with E-state index in [2.05, 4.69) is 63.2 Å². The molecule has 0 fully saturated rings. The fraction of sp³-hybridized carbons (Fsp3) is 0.138. The van der Waals surface area contributed by atoms with Gasteiger partial charge in [-0.15, -0.1) is 11.8 Å². The Bertz CT molecular complexity index is 1580. The summed E-state index contributed by atoms with van der Waals surface area (Å²) in [6, 6.07) is 26.0. The highest BCUT2D eigenvalue weighted by Crippen LogP contribution is 2.32. The molecule has 0 saturated heterocycles. The van der Waals surface area contributed by atoms with Crippen molar-refractivity contribution in [2.24, 2.45) is 4.99 Å². The number of anilines is 1. The van der Waals surface area contributed by atoms with Crippen LogP contribution < -0.4 is 5.32 Å². The molecular formula is C29H25ClN4OS. The third kappa shape index (κ3) is 5.01. The van der Waals surface area contributed by atoms with Crippen molar-refractivity contribution < 1.29 is 4.79 Å². The molecule has 7 heteroatoms. The van der Waals surface area contributed by atoms with Crippen LogP contribution in [0.4, 0.5) is 11.4 Å². The standard InChI is InChI=1S/C29H25ClN4OS/c1-3-34-26-9-5-4-8-24(26)25-17-22(12-15-27(25)34)33-29(35)19(2)36-23-13-10-21(11-14-23)32-18-20-7-6-16-31-28(20)30/h4-19H,3H2,1-2H3,(H,33,35). The van der Waals surface area contributed by atoms with Gasteiger partial charge in [0.1, 0.15) is 5.15 Å². The number of pyridine rings is 1. The van der Waals surface area contributed by atoms with Gasteiger partial charge in [0.25, 0.3) is 0 Å². The molecule has 0 saturated carbocycles. The number of carbonyl (C=O) groups is 1. The summed E-state index contributed by atoms with van der Waals surface area (Å²) in [4.78, 5) is 22.5. The Hall–Kier alpha value is -3.61. The Kier molecular flexibility index (Phi) is 7.07. The Labute approximate surface area is 219 Å². The number of halogens is 1. The van der Waals surface area contributed by atoms with Gasteiger partial charge in [0.15, 0.2) is 0 Å². The second kappa shape index (κ2) is 10.6. The van der Waals surface area contributed by atoms with E-state index in [1.807, 2.05) is 49.4 Å². The lowest BCUT2D eigenvalue weighted by molar-refractivity contribution is -0.115. The number of carbonyl (C=O) groups excluding carboxylic acids is 1. The van der Waals surface area contributed by atoms with E-state index >= 15 is 0 Å². The largest absolute Gasteiger partial charge is 0.341 e. The van der Waals surface area contributed by atoms with Crippen LogP contribution >= 0.6 is 23.4 Å². The van der Waals surface area contributed by atoms with E-state index in [4.69, 9.17) is 11.6 Å². The van der Waals surface area contributed by atoms with Gasteiger partial charge < -0.3 is 9.88 Å². The number of hydrogen-bond acceptors (Lipinski definition) is 4. The number of amides is 1. The zero-order valence-corrected chi connectivity index (χ0v) is 21.6. The van der Waals surface area contributed by atoms with Crippen LogP contribution in [-0.2, 0) is 11.3 Å². The number of aromatic nitrogens is 2. The quantitative estimate of drug-likeness (QED) is 0.138. The molecule has 5 nitrogen and oxygen atoms in total. The van der Waals surface area contributed by atoms with Crippen LogP contribution in [0, 0.1) is 0 Å². The van der Waals surface area contributed by atoms with Crippen molar-refractivity contribution >= 4 is 68.7 Å². The minimum Gasteiger partial charge on any atom is -0.341 e. The number of nitrogens with zero attached hydrogens (tertiary/aromatic N) is 3. The Morgan fingerprint density at radius 1 is 1.06 bits per heavy atom. The van der Waals surface area contributed by atoms with E-state index in [0.29, 0.717) is 5.15 Å². The first-order valence-electron chi connectivity index (χ1n) is 11.8. The van der Waals surface area contributed by atoms with Gasteiger partial charge in [-0.05, 0) is 74.5 Å². The number of nitrogens with one attached hydrogen (secondary N) is 1. The lowest BCUT2D eigenvalue weighted by Crippen LogP contribution is -2.22. The molecule has 1 N–H and O–H groups in total. The second-order valence-electron chi connectivity index (χ2n) is 8.38. The molecule has 0 aliphatic rings. The van der Waals surface area contributed by atoms with Gasteiger partial charge in [0.2, 0.25) is 5.91 Å². The Morgan fingerprint density at radius 2 is 1.83 bits per heavy atom. The first-order valence-corrected chi connectivity index (χ1v) is 13.0. The molecule has 1 amide bonds. The fourth-order valence-corrected chi connectivity index (χ4v) is 5.26. The summed E-state index contributed by atoms with van der Waals surface area (Å²) in [6.45, 7) is 4.96. The summed E-state index contributed by atoms with van der Waals surface area (Å²) in [5, 5.41) is 5.59. The van der Waals surface area contributed by atoms with Gasteiger partial charge >= 0.3 is 0 Å². The fourth-order valence-electron chi connectivity index (χ4n) is 4.22. The molecule has 1 atom stereocenters. The molecule has 3 aromatic carbocycles. The Balaban J connectivity index is 1.26. The van der Waals surface area contributed by atoms with E-state index < -0.39 is 0 Å². The molecule has 0 aliphatic carbocycles. The third-order valence-corrected chi connectivity index (χ3v) is 7.44. The topological polar surface area (TPSA) is 59.3 Å². The molecule has 180 valence electrons. The Morgan fingerprint density at radius 3 is 2.61 bits per heavy atom. The first-order chi connectivity index (χ1) is 17.5. The maximum Gasteiger partial charge on any atom is 0.237 e. The van der Waals surface area contributed by atoms with E-state index in [0.717, 1.165) is 33.8 Å². The van der Waals surface area contributed by atoms with Crippen molar-refractivity contribution in [1.82, 2.24) is 9.55 Å². The molecule has 0 bridgehead atoms. The van der Waals surface area contributed by atoms with Crippen molar-refractivity contribution in [1.29, 1.82) is 0 Å². The SMILES string of the molecule is CCn1c2ccccc2c2cc(NC(=O)C(C)Sc3ccc(N=Cc4cccnc4Cl)cc3)ccc21. The van der Waals surface area contributed by atoms with Crippen LogP contribution in [0.5, 0.6) is 0 Å². The maximum atomic E-state index is 13.0. The number of aryl methyl sites for hydroxylation is 1. The number of hydrogen-bond donors (Lipinski definition) is 1. The molecule has 0 aliphatic heterocycles. The van der Waals surface area contributed by atoms with Crippen LogP contribution in [0.25, 0.3) is 21.8 Å². The number of thioether (sulfide) groups is 1. The van der Waals surface area contributed by atoms with Crippen molar-refractivity contribution in [3.63, 3.8) is 0 Å². The second-order valence-corrected chi connectivity index (χ2v) is 10.2. The summed E-state index contributed by atoms with van der Waals surface area (Å²) in [5.74, 6) is -0.0353. The van der Waals surface area contributed by atoms with E-state index in [1.54, 1.807) is 12.4 Å². The summed E-state index contributed by atoms with van der Waals surface area (Å²) in [7, 11) is 0. The van der Waals surface area contributed by atoms with Crippen molar-refractivity contribution in [3.8, 4) is 0 Å². The highest BCUT2D eigenvalue weighted by molar-refractivity contribution is 8.00.